The number of aryl methyl sites for hydroxylation is 1. The highest BCUT2D eigenvalue weighted by atomic mass is 35.5. The molecule has 1 aliphatic rings. The van der Waals surface area contributed by atoms with Crippen LogP contribution in [0, 0.1) is 13.8 Å². The van der Waals surface area contributed by atoms with Crippen LogP contribution in [0.15, 0.2) is 54.7 Å². The predicted octanol–water partition coefficient (Wildman–Crippen LogP) is 4.68. The minimum atomic E-state index is -0.00460. The summed E-state index contributed by atoms with van der Waals surface area (Å²) in [4.78, 5) is 9.14. The summed E-state index contributed by atoms with van der Waals surface area (Å²) in [5.41, 5.74) is 5.74. The van der Waals surface area contributed by atoms with Gasteiger partial charge in [-0.15, -0.1) is 0 Å². The summed E-state index contributed by atoms with van der Waals surface area (Å²) in [5, 5.41) is 5.06. The number of hydrogen-bond donors (Lipinski definition) is 1. The SMILES string of the molecule is Cc1cc([C@H]2[C@H](c3ccccn3)NC(=S)N2CCN(C)C)c(C)n1-c1ccc(Cl)cc1. The summed E-state index contributed by atoms with van der Waals surface area (Å²) in [6, 6.07) is 16.4. The number of aromatic nitrogens is 2. The van der Waals surface area contributed by atoms with E-state index >= 15 is 0 Å². The molecular formula is C24H28ClN5S. The standard InChI is InChI=1S/C24H28ClN5S/c1-16-15-20(17(2)30(16)19-10-8-18(25)9-11-19)23-22(21-7-5-6-12-26-21)27-24(31)29(23)14-13-28(3)4/h5-12,15,22-23H,13-14H2,1-4H3,(H,27,31)/t22-,23-/m0/s1. The monoisotopic (exact) mass is 453 g/mol. The molecule has 0 spiro atoms. The van der Waals surface area contributed by atoms with Crippen molar-refractivity contribution in [1.29, 1.82) is 0 Å². The van der Waals surface area contributed by atoms with Crippen molar-refractivity contribution in [2.75, 3.05) is 27.2 Å². The molecule has 0 unspecified atom stereocenters. The average Bonchev–Trinajstić information content (AvgIpc) is 3.23. The second-order valence-corrected chi connectivity index (χ2v) is 9.08. The molecule has 3 heterocycles. The Kier molecular flexibility index (Phi) is 6.32. The van der Waals surface area contributed by atoms with E-state index in [4.69, 9.17) is 23.8 Å². The topological polar surface area (TPSA) is 36.3 Å². The highest BCUT2D eigenvalue weighted by Gasteiger charge is 2.41. The van der Waals surface area contributed by atoms with E-state index in [9.17, 15) is 0 Å². The third-order valence-corrected chi connectivity index (χ3v) is 6.46. The number of hydrogen-bond acceptors (Lipinski definition) is 3. The Labute approximate surface area is 194 Å². The van der Waals surface area contributed by atoms with Gasteiger partial charge in [-0.2, -0.15) is 0 Å². The van der Waals surface area contributed by atoms with Gasteiger partial charge in [0.15, 0.2) is 5.11 Å². The molecule has 3 aromatic rings. The summed E-state index contributed by atoms with van der Waals surface area (Å²) in [6.45, 7) is 6.09. The van der Waals surface area contributed by atoms with Crippen LogP contribution in [0.2, 0.25) is 5.02 Å². The van der Waals surface area contributed by atoms with E-state index in [-0.39, 0.29) is 12.1 Å². The van der Waals surface area contributed by atoms with Crippen molar-refractivity contribution in [1.82, 2.24) is 24.7 Å². The van der Waals surface area contributed by atoms with Gasteiger partial charge in [-0.3, -0.25) is 4.98 Å². The zero-order valence-corrected chi connectivity index (χ0v) is 19.9. The van der Waals surface area contributed by atoms with Gasteiger partial charge in [0.1, 0.15) is 0 Å². The number of nitrogens with one attached hydrogen (secondary N) is 1. The third kappa shape index (κ3) is 4.33. The minimum absolute atomic E-state index is 0.00460. The van der Waals surface area contributed by atoms with E-state index in [1.165, 1.54) is 17.0 Å². The minimum Gasteiger partial charge on any atom is -0.352 e. The molecular weight excluding hydrogens is 426 g/mol. The van der Waals surface area contributed by atoms with Crippen LogP contribution in [-0.2, 0) is 0 Å². The van der Waals surface area contributed by atoms with Gasteiger partial charge in [0.2, 0.25) is 0 Å². The third-order valence-electron chi connectivity index (χ3n) is 5.86. The van der Waals surface area contributed by atoms with E-state index < -0.39 is 0 Å². The lowest BCUT2D eigenvalue weighted by Crippen LogP contribution is -2.35. The molecule has 0 bridgehead atoms. The molecule has 0 aliphatic carbocycles. The Bertz CT molecular complexity index is 1060. The predicted molar refractivity (Wildman–Crippen MR) is 131 cm³/mol. The summed E-state index contributed by atoms with van der Waals surface area (Å²) < 4.78 is 2.28. The highest BCUT2D eigenvalue weighted by Crippen LogP contribution is 2.41. The largest absolute Gasteiger partial charge is 0.352 e. The van der Waals surface area contributed by atoms with Gasteiger partial charge in [0.05, 0.1) is 17.8 Å². The second-order valence-electron chi connectivity index (χ2n) is 8.26. The fourth-order valence-electron chi connectivity index (χ4n) is 4.37. The van der Waals surface area contributed by atoms with Crippen LogP contribution in [0.4, 0.5) is 0 Å². The van der Waals surface area contributed by atoms with Gasteiger partial charge in [0.25, 0.3) is 0 Å². The van der Waals surface area contributed by atoms with Crippen LogP contribution in [-0.4, -0.2) is 51.6 Å². The molecule has 162 valence electrons. The molecule has 1 aromatic carbocycles. The average molecular weight is 454 g/mol. The van der Waals surface area contributed by atoms with E-state index in [0.29, 0.717) is 0 Å². The highest BCUT2D eigenvalue weighted by molar-refractivity contribution is 7.80. The number of pyridine rings is 1. The van der Waals surface area contributed by atoms with Crippen molar-refractivity contribution in [2.24, 2.45) is 0 Å². The molecule has 31 heavy (non-hydrogen) atoms. The molecule has 1 aliphatic heterocycles. The molecule has 0 amide bonds. The van der Waals surface area contributed by atoms with Gasteiger partial charge < -0.3 is 19.7 Å². The Morgan fingerprint density at radius 2 is 1.87 bits per heavy atom. The van der Waals surface area contributed by atoms with E-state index in [0.717, 1.165) is 34.6 Å². The Morgan fingerprint density at radius 3 is 2.52 bits per heavy atom. The van der Waals surface area contributed by atoms with Crippen LogP contribution < -0.4 is 5.32 Å². The maximum Gasteiger partial charge on any atom is 0.170 e. The maximum atomic E-state index is 6.12. The number of nitrogens with zero attached hydrogens (tertiary/aromatic N) is 4. The van der Waals surface area contributed by atoms with Crippen LogP contribution >= 0.6 is 23.8 Å². The lowest BCUT2D eigenvalue weighted by atomic mass is 9.97. The first-order valence-electron chi connectivity index (χ1n) is 10.4. The van der Waals surface area contributed by atoms with Gasteiger partial charge in [0, 0.05) is 41.4 Å². The molecule has 1 fully saturated rings. The van der Waals surface area contributed by atoms with E-state index in [1.807, 2.05) is 30.5 Å². The molecule has 2 atom stereocenters. The van der Waals surface area contributed by atoms with Crippen molar-refractivity contribution >= 4 is 28.9 Å². The van der Waals surface area contributed by atoms with Crippen LogP contribution in [0.5, 0.6) is 0 Å². The number of rotatable bonds is 6. The maximum absolute atomic E-state index is 6.12. The Balaban J connectivity index is 1.80. The first kappa shape index (κ1) is 21.8. The zero-order valence-electron chi connectivity index (χ0n) is 18.3. The van der Waals surface area contributed by atoms with E-state index in [1.54, 1.807) is 0 Å². The van der Waals surface area contributed by atoms with Crippen molar-refractivity contribution in [2.45, 2.75) is 25.9 Å². The molecule has 0 radical (unpaired) electrons. The van der Waals surface area contributed by atoms with Gasteiger partial charge in [-0.25, -0.2) is 0 Å². The van der Waals surface area contributed by atoms with Crippen LogP contribution in [0.1, 0.15) is 34.7 Å². The lowest BCUT2D eigenvalue weighted by Gasteiger charge is -2.29. The zero-order chi connectivity index (χ0) is 22.1. The van der Waals surface area contributed by atoms with E-state index in [2.05, 4.69) is 76.9 Å². The smallest absolute Gasteiger partial charge is 0.170 e. The normalized spacial score (nSPS) is 18.6. The summed E-state index contributed by atoms with van der Waals surface area (Å²) >= 11 is 11.9. The lowest BCUT2D eigenvalue weighted by molar-refractivity contribution is 0.277. The van der Waals surface area contributed by atoms with Crippen LogP contribution in [0.25, 0.3) is 5.69 Å². The van der Waals surface area contributed by atoms with Gasteiger partial charge >= 0.3 is 0 Å². The number of halogens is 1. The summed E-state index contributed by atoms with van der Waals surface area (Å²) in [7, 11) is 4.17. The first-order chi connectivity index (χ1) is 14.9. The number of likely N-dealkylation sites (N-methyl/N-ethyl adjacent to an activating group) is 1. The fourth-order valence-corrected chi connectivity index (χ4v) is 4.82. The van der Waals surface area contributed by atoms with Crippen molar-refractivity contribution in [3.63, 3.8) is 0 Å². The molecule has 1 N–H and O–H groups in total. The summed E-state index contributed by atoms with van der Waals surface area (Å²) in [6.07, 6.45) is 1.84. The second kappa shape index (κ2) is 8.99. The molecule has 1 saturated heterocycles. The summed E-state index contributed by atoms with van der Waals surface area (Å²) in [5.74, 6) is 0. The van der Waals surface area contributed by atoms with Crippen molar-refractivity contribution in [3.8, 4) is 5.69 Å². The van der Waals surface area contributed by atoms with Gasteiger partial charge in [-0.05, 0) is 88.2 Å². The quantitative estimate of drug-likeness (QED) is 0.548. The van der Waals surface area contributed by atoms with Crippen LogP contribution in [0.3, 0.4) is 0 Å². The fraction of sp³-hybridized carbons (Fsp3) is 0.333. The molecule has 7 heteroatoms. The van der Waals surface area contributed by atoms with Crippen molar-refractivity contribution in [3.05, 3.63) is 82.4 Å². The molecule has 4 rings (SSSR count). The van der Waals surface area contributed by atoms with Crippen molar-refractivity contribution < 1.29 is 0 Å². The number of benzene rings is 1. The molecule has 2 aromatic heterocycles. The molecule has 0 saturated carbocycles. The Hall–Kier alpha value is -2.41. The van der Waals surface area contributed by atoms with Gasteiger partial charge in [-0.1, -0.05) is 17.7 Å². The molecule has 5 nitrogen and oxygen atoms in total. The number of thiocarbonyl (C=S) groups is 1. The first-order valence-corrected chi connectivity index (χ1v) is 11.2. The Morgan fingerprint density at radius 1 is 1.13 bits per heavy atom.